The third-order valence-corrected chi connectivity index (χ3v) is 4.24. The molecule has 0 spiro atoms. The molecule has 2 aromatic heterocycles. The van der Waals surface area contributed by atoms with E-state index in [1.165, 1.54) is 4.68 Å². The summed E-state index contributed by atoms with van der Waals surface area (Å²) in [5, 5.41) is 12.5. The van der Waals surface area contributed by atoms with E-state index >= 15 is 0 Å². The number of nitrogens with zero attached hydrogens (tertiary/aromatic N) is 3. The van der Waals surface area contributed by atoms with Crippen LogP contribution in [0, 0.1) is 11.3 Å². The molecule has 0 bridgehead atoms. The van der Waals surface area contributed by atoms with Gasteiger partial charge in [-0.15, -0.1) is 0 Å². The van der Waals surface area contributed by atoms with Gasteiger partial charge in [-0.05, 0) is 28.4 Å². The van der Waals surface area contributed by atoms with Crippen molar-refractivity contribution in [2.45, 2.75) is 45.6 Å². The summed E-state index contributed by atoms with van der Waals surface area (Å²) in [6.07, 6.45) is 2.40. The van der Waals surface area contributed by atoms with Crippen molar-refractivity contribution >= 4 is 27.5 Å². The molecule has 2 rings (SSSR count). The predicted molar refractivity (Wildman–Crippen MR) is 93.7 cm³/mol. The summed E-state index contributed by atoms with van der Waals surface area (Å²) in [7, 11) is 0. The average Bonchev–Trinajstić information content (AvgIpc) is 2.76. The first-order valence-corrected chi connectivity index (χ1v) is 8.40. The van der Waals surface area contributed by atoms with Crippen molar-refractivity contribution in [3.8, 4) is 6.07 Å². The second kappa shape index (κ2) is 6.90. The Bertz CT molecular complexity index is 811. The summed E-state index contributed by atoms with van der Waals surface area (Å²) >= 11 is 9.50. The summed E-state index contributed by atoms with van der Waals surface area (Å²) in [4.78, 5) is 16.9. The minimum Gasteiger partial charge on any atom is -0.299 e. The van der Waals surface area contributed by atoms with Crippen molar-refractivity contribution in [2.75, 3.05) is 0 Å². The monoisotopic (exact) mass is 396 g/mol. The quantitative estimate of drug-likeness (QED) is 0.853. The molecule has 0 atom stereocenters. The van der Waals surface area contributed by atoms with E-state index in [1.54, 1.807) is 12.3 Å². The molecule has 1 N–H and O–H groups in total. The van der Waals surface area contributed by atoms with Crippen molar-refractivity contribution < 1.29 is 0 Å². The molecular formula is C16H18BrClN4O. The van der Waals surface area contributed by atoms with E-state index in [0.29, 0.717) is 29.1 Å². The molecule has 2 heterocycles. The van der Waals surface area contributed by atoms with Crippen LogP contribution >= 0.6 is 27.5 Å². The molecule has 2 aromatic rings. The fourth-order valence-electron chi connectivity index (χ4n) is 2.38. The topological polar surface area (TPSA) is 74.5 Å². The lowest BCUT2D eigenvalue weighted by Gasteiger charge is -2.18. The Balaban J connectivity index is 2.45. The van der Waals surface area contributed by atoms with Gasteiger partial charge in [-0.1, -0.05) is 32.4 Å². The van der Waals surface area contributed by atoms with Crippen molar-refractivity contribution in [1.29, 1.82) is 5.26 Å². The number of aromatic amines is 1. The molecule has 122 valence electrons. The largest absolute Gasteiger partial charge is 0.299 e. The fraction of sp³-hybridized carbons (Fsp3) is 0.438. The number of nitrogens with one attached hydrogen (secondary N) is 1. The molecule has 0 amide bonds. The van der Waals surface area contributed by atoms with Crippen LogP contribution in [0.15, 0.2) is 21.5 Å². The van der Waals surface area contributed by atoms with Crippen LogP contribution in [0.25, 0.3) is 0 Å². The van der Waals surface area contributed by atoms with Gasteiger partial charge >= 0.3 is 0 Å². The zero-order chi connectivity index (χ0) is 17.2. The molecule has 0 saturated heterocycles. The standard InChI is InChI=1S/C16H18BrClN4O/c1-16(2,3)14-11(5-4-6-19)15(23)22(21-14)9-13-12(18)7-10(17)8-20-13/h7-8,21H,4-5,9H2,1-3H3. The molecule has 0 saturated carbocycles. The van der Waals surface area contributed by atoms with E-state index in [0.717, 1.165) is 10.2 Å². The third-order valence-electron chi connectivity index (χ3n) is 3.48. The van der Waals surface area contributed by atoms with Gasteiger partial charge in [0.05, 0.1) is 23.3 Å². The molecule has 0 aliphatic heterocycles. The first-order valence-electron chi connectivity index (χ1n) is 7.23. The van der Waals surface area contributed by atoms with Gasteiger partial charge < -0.3 is 0 Å². The summed E-state index contributed by atoms with van der Waals surface area (Å²) in [5.41, 5.74) is 1.79. The molecule has 23 heavy (non-hydrogen) atoms. The first kappa shape index (κ1) is 17.8. The van der Waals surface area contributed by atoms with Crippen molar-refractivity contribution in [1.82, 2.24) is 14.8 Å². The van der Waals surface area contributed by atoms with Gasteiger partial charge in [0.1, 0.15) is 0 Å². The number of rotatable bonds is 4. The molecule has 0 aliphatic rings. The Kier molecular flexibility index (Phi) is 5.33. The van der Waals surface area contributed by atoms with Crippen LogP contribution in [-0.2, 0) is 18.4 Å². The van der Waals surface area contributed by atoms with Crippen LogP contribution in [0.4, 0.5) is 0 Å². The van der Waals surface area contributed by atoms with Crippen LogP contribution in [0.2, 0.25) is 5.02 Å². The molecular weight excluding hydrogens is 380 g/mol. The van der Waals surface area contributed by atoms with Crippen LogP contribution in [-0.4, -0.2) is 14.8 Å². The Labute approximate surface area is 148 Å². The van der Waals surface area contributed by atoms with Crippen LogP contribution in [0.1, 0.15) is 44.1 Å². The Morgan fingerprint density at radius 1 is 1.48 bits per heavy atom. The average molecular weight is 398 g/mol. The van der Waals surface area contributed by atoms with Crippen molar-refractivity contribution in [3.05, 3.63) is 49.1 Å². The number of hydrogen-bond acceptors (Lipinski definition) is 3. The number of nitriles is 1. The van der Waals surface area contributed by atoms with E-state index < -0.39 is 0 Å². The van der Waals surface area contributed by atoms with Crippen LogP contribution in [0.3, 0.4) is 0 Å². The number of pyridine rings is 1. The molecule has 5 nitrogen and oxygen atoms in total. The second-order valence-electron chi connectivity index (χ2n) is 6.35. The maximum atomic E-state index is 12.7. The summed E-state index contributed by atoms with van der Waals surface area (Å²) < 4.78 is 2.30. The Morgan fingerprint density at radius 2 is 2.17 bits per heavy atom. The molecule has 0 aliphatic carbocycles. The highest BCUT2D eigenvalue weighted by Gasteiger charge is 2.24. The number of halogens is 2. The predicted octanol–water partition coefficient (Wildman–Crippen LogP) is 3.79. The normalized spacial score (nSPS) is 11.5. The van der Waals surface area contributed by atoms with Crippen LogP contribution < -0.4 is 5.56 Å². The number of H-pyrrole nitrogens is 1. The fourth-order valence-corrected chi connectivity index (χ4v) is 3.07. The molecule has 0 unspecified atom stereocenters. The van der Waals surface area contributed by atoms with Gasteiger partial charge in [-0.2, -0.15) is 5.26 Å². The number of aromatic nitrogens is 3. The van der Waals surface area contributed by atoms with Crippen molar-refractivity contribution in [3.63, 3.8) is 0 Å². The third kappa shape index (κ3) is 4.04. The van der Waals surface area contributed by atoms with E-state index in [4.69, 9.17) is 16.9 Å². The first-order chi connectivity index (χ1) is 10.7. The highest BCUT2D eigenvalue weighted by molar-refractivity contribution is 9.10. The van der Waals surface area contributed by atoms with Crippen LogP contribution in [0.5, 0.6) is 0 Å². The van der Waals surface area contributed by atoms with Gasteiger partial charge in [0.15, 0.2) is 0 Å². The Morgan fingerprint density at radius 3 is 2.74 bits per heavy atom. The van der Waals surface area contributed by atoms with E-state index in [1.807, 2.05) is 20.8 Å². The summed E-state index contributed by atoms with van der Waals surface area (Å²) in [5.74, 6) is 0. The minimum atomic E-state index is -0.216. The van der Waals surface area contributed by atoms with E-state index in [-0.39, 0.29) is 17.5 Å². The Hall–Kier alpha value is -1.58. The summed E-state index contributed by atoms with van der Waals surface area (Å²) in [6, 6.07) is 3.84. The maximum Gasteiger partial charge on any atom is 0.270 e. The van der Waals surface area contributed by atoms with Gasteiger partial charge in [-0.25, -0.2) is 4.68 Å². The maximum absolute atomic E-state index is 12.7. The highest BCUT2D eigenvalue weighted by atomic mass is 79.9. The van der Waals surface area contributed by atoms with Gasteiger partial charge in [0, 0.05) is 33.8 Å². The highest BCUT2D eigenvalue weighted by Crippen LogP contribution is 2.24. The molecule has 0 radical (unpaired) electrons. The lowest BCUT2D eigenvalue weighted by Crippen LogP contribution is -2.20. The van der Waals surface area contributed by atoms with Gasteiger partial charge in [0.2, 0.25) is 0 Å². The lowest BCUT2D eigenvalue weighted by molar-refractivity contribution is 0.538. The number of hydrogen-bond donors (Lipinski definition) is 1. The second-order valence-corrected chi connectivity index (χ2v) is 7.67. The summed E-state index contributed by atoms with van der Waals surface area (Å²) in [6.45, 7) is 6.36. The van der Waals surface area contributed by atoms with Gasteiger partial charge in [0.25, 0.3) is 5.56 Å². The lowest BCUT2D eigenvalue weighted by atomic mass is 9.88. The van der Waals surface area contributed by atoms with Gasteiger partial charge in [-0.3, -0.25) is 14.9 Å². The zero-order valence-electron chi connectivity index (χ0n) is 13.3. The van der Waals surface area contributed by atoms with E-state index in [9.17, 15) is 4.79 Å². The molecule has 0 fully saturated rings. The van der Waals surface area contributed by atoms with Crippen molar-refractivity contribution in [2.24, 2.45) is 0 Å². The van der Waals surface area contributed by atoms with E-state index in [2.05, 4.69) is 32.1 Å². The molecule has 0 aromatic carbocycles. The smallest absolute Gasteiger partial charge is 0.270 e. The molecule has 7 heteroatoms. The minimum absolute atomic E-state index is 0.119. The zero-order valence-corrected chi connectivity index (χ0v) is 15.6. The SMILES string of the molecule is CC(C)(C)c1[nH]n(Cc2ncc(Br)cc2Cl)c(=O)c1CCC#N.